The Bertz CT molecular complexity index is 2100. The molecule has 8 aromatic rings. The number of nitrogens with zero attached hydrogens (tertiary/aromatic N) is 2. The molecule has 0 saturated heterocycles. The van der Waals surface area contributed by atoms with E-state index in [4.69, 9.17) is 0 Å². The Labute approximate surface area is 202 Å². The van der Waals surface area contributed by atoms with Gasteiger partial charge in [0.25, 0.3) is 0 Å². The van der Waals surface area contributed by atoms with Crippen molar-refractivity contribution in [1.29, 1.82) is 0 Å². The molecular formula is C33H22N2. The molecule has 0 atom stereocenters. The van der Waals surface area contributed by atoms with Gasteiger partial charge >= 0.3 is 0 Å². The molecule has 0 amide bonds. The highest BCUT2D eigenvalue weighted by molar-refractivity contribution is 6.22. The Kier molecular flexibility index (Phi) is 3.62. The third kappa shape index (κ3) is 2.43. The molecule has 2 heteroatoms. The van der Waals surface area contributed by atoms with E-state index in [0.717, 1.165) is 0 Å². The SMILES string of the molecule is Cc1ccc(-n2c3ccccc3c3ccc4c(cc5c6ccccc6c6ccccc6n54)c32)cc1. The van der Waals surface area contributed by atoms with Crippen LogP contribution in [0.4, 0.5) is 0 Å². The zero-order chi connectivity index (χ0) is 23.1. The minimum Gasteiger partial charge on any atom is -0.309 e. The van der Waals surface area contributed by atoms with Crippen molar-refractivity contribution in [1.82, 2.24) is 8.97 Å². The maximum atomic E-state index is 2.45. The molecule has 0 aliphatic rings. The number of hydrogen-bond donors (Lipinski definition) is 0. The van der Waals surface area contributed by atoms with Gasteiger partial charge in [-0.05, 0) is 48.7 Å². The second-order valence-electron chi connectivity index (χ2n) is 9.51. The van der Waals surface area contributed by atoms with Crippen LogP contribution >= 0.6 is 0 Å². The number of aromatic nitrogens is 2. The molecule has 0 N–H and O–H groups in total. The highest BCUT2D eigenvalue weighted by Crippen LogP contribution is 2.40. The van der Waals surface area contributed by atoms with Crippen molar-refractivity contribution in [3.63, 3.8) is 0 Å². The van der Waals surface area contributed by atoms with Crippen molar-refractivity contribution in [3.05, 3.63) is 121 Å². The van der Waals surface area contributed by atoms with E-state index >= 15 is 0 Å². The van der Waals surface area contributed by atoms with Crippen LogP contribution in [0.25, 0.3) is 65.6 Å². The van der Waals surface area contributed by atoms with Crippen molar-refractivity contribution >= 4 is 59.9 Å². The zero-order valence-corrected chi connectivity index (χ0v) is 19.4. The van der Waals surface area contributed by atoms with E-state index in [-0.39, 0.29) is 0 Å². The Morgan fingerprint density at radius 2 is 1.00 bits per heavy atom. The molecule has 3 aromatic heterocycles. The maximum Gasteiger partial charge on any atom is 0.0635 e. The predicted octanol–water partition coefficient (Wildman–Crippen LogP) is 8.80. The second-order valence-corrected chi connectivity index (χ2v) is 9.51. The van der Waals surface area contributed by atoms with Gasteiger partial charge in [-0.15, -0.1) is 0 Å². The summed E-state index contributed by atoms with van der Waals surface area (Å²) in [7, 11) is 0. The van der Waals surface area contributed by atoms with Gasteiger partial charge in [0, 0.05) is 32.6 Å². The molecule has 0 radical (unpaired) electrons. The van der Waals surface area contributed by atoms with Crippen LogP contribution in [0, 0.1) is 6.92 Å². The summed E-state index contributed by atoms with van der Waals surface area (Å²) in [5, 5.41) is 7.73. The number of pyridine rings is 1. The summed E-state index contributed by atoms with van der Waals surface area (Å²) in [6.45, 7) is 2.14. The summed E-state index contributed by atoms with van der Waals surface area (Å²) in [5.41, 5.74) is 8.71. The van der Waals surface area contributed by atoms with Gasteiger partial charge in [-0.3, -0.25) is 0 Å². The largest absolute Gasteiger partial charge is 0.309 e. The fourth-order valence-electron chi connectivity index (χ4n) is 6.00. The molecule has 35 heavy (non-hydrogen) atoms. The minimum absolute atomic E-state index is 1.19. The molecule has 0 saturated carbocycles. The van der Waals surface area contributed by atoms with Gasteiger partial charge in [0.15, 0.2) is 0 Å². The molecule has 0 bridgehead atoms. The number of benzene rings is 5. The van der Waals surface area contributed by atoms with Crippen molar-refractivity contribution in [3.8, 4) is 5.69 Å². The van der Waals surface area contributed by atoms with Crippen molar-refractivity contribution in [2.75, 3.05) is 0 Å². The fourth-order valence-corrected chi connectivity index (χ4v) is 6.00. The molecule has 0 aliphatic heterocycles. The van der Waals surface area contributed by atoms with Crippen LogP contribution in [0.15, 0.2) is 115 Å². The molecule has 0 fully saturated rings. The van der Waals surface area contributed by atoms with E-state index < -0.39 is 0 Å². The second kappa shape index (κ2) is 6.74. The van der Waals surface area contributed by atoms with E-state index in [9.17, 15) is 0 Å². The number of rotatable bonds is 1. The van der Waals surface area contributed by atoms with Gasteiger partial charge in [-0.1, -0.05) is 84.4 Å². The third-order valence-electron chi connectivity index (χ3n) is 7.55. The summed E-state index contributed by atoms with van der Waals surface area (Å²) < 4.78 is 4.89. The highest BCUT2D eigenvalue weighted by Gasteiger charge is 2.18. The topological polar surface area (TPSA) is 9.34 Å². The van der Waals surface area contributed by atoms with Gasteiger partial charge in [-0.2, -0.15) is 0 Å². The molecule has 164 valence electrons. The smallest absolute Gasteiger partial charge is 0.0635 e. The van der Waals surface area contributed by atoms with Crippen LogP contribution in [0.1, 0.15) is 5.56 Å². The normalized spacial score (nSPS) is 12.1. The van der Waals surface area contributed by atoms with Crippen LogP contribution in [0.5, 0.6) is 0 Å². The van der Waals surface area contributed by atoms with Gasteiger partial charge in [0.1, 0.15) is 0 Å². The first-order valence-electron chi connectivity index (χ1n) is 12.1. The van der Waals surface area contributed by atoms with Gasteiger partial charge in [0.05, 0.1) is 27.6 Å². The predicted molar refractivity (Wildman–Crippen MR) is 149 cm³/mol. The highest BCUT2D eigenvalue weighted by atomic mass is 15.0. The van der Waals surface area contributed by atoms with Crippen LogP contribution in [-0.2, 0) is 0 Å². The summed E-state index contributed by atoms with van der Waals surface area (Å²) >= 11 is 0. The molecule has 5 aromatic carbocycles. The standard InChI is InChI=1S/C33H22N2/c1-21-14-16-22(17-15-21)34-29-12-6-5-11-26(29)27-18-19-31-28(33(27)34)20-32-25-10-3-2-8-23(25)24-9-4-7-13-30(24)35(31)32/h2-20H,1H3. The molecular weight excluding hydrogens is 424 g/mol. The molecule has 0 spiro atoms. The Morgan fingerprint density at radius 3 is 1.74 bits per heavy atom. The number of aryl methyl sites for hydroxylation is 1. The fraction of sp³-hybridized carbons (Fsp3) is 0.0303. The summed E-state index contributed by atoms with van der Waals surface area (Å²) in [6, 6.07) is 42.2. The number of hydrogen-bond acceptors (Lipinski definition) is 0. The van der Waals surface area contributed by atoms with Crippen LogP contribution in [0.3, 0.4) is 0 Å². The minimum atomic E-state index is 1.19. The van der Waals surface area contributed by atoms with Gasteiger partial charge < -0.3 is 8.97 Å². The summed E-state index contributed by atoms with van der Waals surface area (Å²) in [6.07, 6.45) is 0. The van der Waals surface area contributed by atoms with E-state index in [2.05, 4.69) is 131 Å². The van der Waals surface area contributed by atoms with Crippen molar-refractivity contribution in [2.45, 2.75) is 6.92 Å². The Balaban J connectivity index is 1.66. The van der Waals surface area contributed by atoms with Crippen molar-refractivity contribution in [2.24, 2.45) is 0 Å². The third-order valence-corrected chi connectivity index (χ3v) is 7.55. The lowest BCUT2D eigenvalue weighted by molar-refractivity contribution is 1.18. The molecule has 0 unspecified atom stereocenters. The first-order valence-corrected chi connectivity index (χ1v) is 12.1. The Morgan fingerprint density at radius 1 is 0.429 bits per heavy atom. The van der Waals surface area contributed by atoms with Crippen LogP contribution in [0.2, 0.25) is 0 Å². The first-order chi connectivity index (χ1) is 17.3. The lowest BCUT2D eigenvalue weighted by atomic mass is 10.1. The van der Waals surface area contributed by atoms with E-state index in [1.165, 1.54) is 71.2 Å². The zero-order valence-electron chi connectivity index (χ0n) is 19.4. The summed E-state index contributed by atoms with van der Waals surface area (Å²) in [4.78, 5) is 0. The van der Waals surface area contributed by atoms with Gasteiger partial charge in [0.2, 0.25) is 0 Å². The van der Waals surface area contributed by atoms with E-state index in [1.54, 1.807) is 0 Å². The number of para-hydroxylation sites is 2. The Hall–Kier alpha value is -4.56. The average Bonchev–Trinajstić information content (AvgIpc) is 3.46. The summed E-state index contributed by atoms with van der Waals surface area (Å²) in [5.74, 6) is 0. The van der Waals surface area contributed by atoms with Crippen LogP contribution < -0.4 is 0 Å². The van der Waals surface area contributed by atoms with Gasteiger partial charge in [-0.25, -0.2) is 0 Å². The van der Waals surface area contributed by atoms with E-state index in [0.29, 0.717) is 0 Å². The van der Waals surface area contributed by atoms with Crippen molar-refractivity contribution < 1.29 is 0 Å². The molecule has 2 nitrogen and oxygen atoms in total. The lowest BCUT2D eigenvalue weighted by Gasteiger charge is -2.10. The van der Waals surface area contributed by atoms with Crippen LogP contribution in [-0.4, -0.2) is 8.97 Å². The number of fused-ring (bicyclic) bond motifs is 12. The quantitative estimate of drug-likeness (QED) is 0.223. The lowest BCUT2D eigenvalue weighted by Crippen LogP contribution is -1.94. The molecule has 8 rings (SSSR count). The monoisotopic (exact) mass is 446 g/mol. The van der Waals surface area contributed by atoms with E-state index in [1.807, 2.05) is 0 Å². The average molecular weight is 447 g/mol. The molecule has 0 aliphatic carbocycles. The maximum absolute atomic E-state index is 2.45. The molecule has 3 heterocycles. The first kappa shape index (κ1) is 18.8.